The van der Waals surface area contributed by atoms with Crippen molar-refractivity contribution < 1.29 is 18.8 Å². The van der Waals surface area contributed by atoms with Gasteiger partial charge in [0.1, 0.15) is 5.75 Å². The van der Waals surface area contributed by atoms with E-state index in [1.165, 1.54) is 0 Å². The monoisotopic (exact) mass is 460 g/mol. The molecule has 2 amide bonds. The fraction of sp³-hybridized carbons (Fsp3) is 0.385. The molecule has 1 aromatic heterocycles. The molecule has 3 aromatic rings. The first kappa shape index (κ1) is 22.1. The van der Waals surface area contributed by atoms with Gasteiger partial charge in [-0.1, -0.05) is 22.9 Å². The van der Waals surface area contributed by atoms with E-state index in [2.05, 4.69) is 10.1 Å². The van der Waals surface area contributed by atoms with Crippen LogP contribution in [0.25, 0.3) is 11.5 Å². The second kappa shape index (κ2) is 9.29. The van der Waals surface area contributed by atoms with Crippen molar-refractivity contribution in [3.63, 3.8) is 0 Å². The summed E-state index contributed by atoms with van der Waals surface area (Å²) in [4.78, 5) is 34.0. The molecule has 0 spiro atoms. The number of carbonyl (C=O) groups excluding carboxylic acids is 2. The first-order chi connectivity index (χ1) is 16.5. The number of aryl methyl sites for hydroxylation is 1. The third-order valence-electron chi connectivity index (χ3n) is 6.74. The Hall–Kier alpha value is -3.68. The van der Waals surface area contributed by atoms with Gasteiger partial charge in [-0.25, -0.2) is 0 Å². The van der Waals surface area contributed by atoms with Gasteiger partial charge < -0.3 is 19.1 Å². The van der Waals surface area contributed by atoms with Crippen LogP contribution in [-0.4, -0.2) is 53.6 Å². The van der Waals surface area contributed by atoms with Gasteiger partial charge >= 0.3 is 0 Å². The predicted octanol–water partition coefficient (Wildman–Crippen LogP) is 3.81. The van der Waals surface area contributed by atoms with Crippen LogP contribution in [0, 0.1) is 12.8 Å². The van der Waals surface area contributed by atoms with Crippen LogP contribution in [0.5, 0.6) is 5.75 Å². The first-order valence-corrected chi connectivity index (χ1v) is 11.7. The molecule has 0 saturated carbocycles. The number of hydrogen-bond donors (Lipinski definition) is 0. The topological polar surface area (TPSA) is 88.8 Å². The van der Waals surface area contributed by atoms with Gasteiger partial charge in [0.25, 0.3) is 5.89 Å². The standard InChI is InChI=1S/C26H28N4O4/c1-17-4-3-5-19(14-17)25-27-24(28-34-25)18-10-12-29(13-11-18)26(32)20-15-23(31)30(16-20)21-6-8-22(33-2)9-7-21/h3-9,14,18,20H,10-13,15-16H2,1-2H3. The molecule has 1 atom stereocenters. The van der Waals surface area contributed by atoms with E-state index in [9.17, 15) is 9.59 Å². The van der Waals surface area contributed by atoms with Crippen molar-refractivity contribution in [2.75, 3.05) is 31.6 Å². The summed E-state index contributed by atoms with van der Waals surface area (Å²) in [7, 11) is 1.61. The lowest BCUT2D eigenvalue weighted by Gasteiger charge is -2.32. The molecule has 176 valence electrons. The predicted molar refractivity (Wildman–Crippen MR) is 126 cm³/mol. The van der Waals surface area contributed by atoms with Gasteiger partial charge in [0, 0.05) is 43.2 Å². The van der Waals surface area contributed by atoms with E-state index < -0.39 is 0 Å². The number of likely N-dealkylation sites (tertiary alicyclic amines) is 1. The van der Waals surface area contributed by atoms with Crippen molar-refractivity contribution in [2.45, 2.75) is 32.1 Å². The van der Waals surface area contributed by atoms with Crippen molar-refractivity contribution in [2.24, 2.45) is 5.92 Å². The Morgan fingerprint density at radius 2 is 1.88 bits per heavy atom. The number of nitrogens with zero attached hydrogens (tertiary/aromatic N) is 4. The number of aromatic nitrogens is 2. The molecule has 0 aliphatic carbocycles. The maximum atomic E-state index is 13.2. The van der Waals surface area contributed by atoms with Crippen molar-refractivity contribution in [1.82, 2.24) is 15.0 Å². The van der Waals surface area contributed by atoms with Crippen molar-refractivity contribution in [3.05, 3.63) is 59.9 Å². The first-order valence-electron chi connectivity index (χ1n) is 11.7. The minimum absolute atomic E-state index is 0.0196. The number of carbonyl (C=O) groups is 2. The minimum Gasteiger partial charge on any atom is -0.497 e. The molecule has 2 aliphatic heterocycles. The lowest BCUT2D eigenvalue weighted by atomic mass is 9.95. The van der Waals surface area contributed by atoms with Gasteiger partial charge in [-0.15, -0.1) is 0 Å². The Morgan fingerprint density at radius 1 is 1.12 bits per heavy atom. The molecular formula is C26H28N4O4. The average molecular weight is 461 g/mol. The van der Waals surface area contributed by atoms with E-state index in [4.69, 9.17) is 9.26 Å². The Bertz CT molecular complexity index is 1180. The molecule has 0 N–H and O–H groups in total. The Labute approximate surface area is 198 Å². The van der Waals surface area contributed by atoms with Crippen LogP contribution in [0.1, 0.15) is 36.6 Å². The molecule has 8 nitrogen and oxygen atoms in total. The molecule has 2 aliphatic rings. The second-order valence-corrected chi connectivity index (χ2v) is 9.03. The van der Waals surface area contributed by atoms with Gasteiger partial charge in [-0.2, -0.15) is 4.98 Å². The number of methoxy groups -OCH3 is 1. The van der Waals surface area contributed by atoms with E-state index in [-0.39, 0.29) is 30.1 Å². The summed E-state index contributed by atoms with van der Waals surface area (Å²) >= 11 is 0. The number of ether oxygens (including phenoxy) is 1. The highest BCUT2D eigenvalue weighted by molar-refractivity contribution is 6.00. The van der Waals surface area contributed by atoms with Gasteiger partial charge in [0.2, 0.25) is 11.8 Å². The summed E-state index contributed by atoms with van der Waals surface area (Å²) in [6.45, 7) is 3.70. The van der Waals surface area contributed by atoms with E-state index in [0.717, 1.165) is 35.4 Å². The fourth-order valence-electron chi connectivity index (χ4n) is 4.80. The zero-order valence-electron chi connectivity index (χ0n) is 19.4. The average Bonchev–Trinajstić information content (AvgIpc) is 3.51. The maximum absolute atomic E-state index is 13.2. The minimum atomic E-state index is -0.316. The molecule has 5 rings (SSSR count). The summed E-state index contributed by atoms with van der Waals surface area (Å²) in [5.41, 5.74) is 2.85. The lowest BCUT2D eigenvalue weighted by molar-refractivity contribution is -0.136. The molecule has 1 unspecified atom stereocenters. The zero-order chi connectivity index (χ0) is 23.7. The number of hydrogen-bond acceptors (Lipinski definition) is 6. The summed E-state index contributed by atoms with van der Waals surface area (Å²) in [6.07, 6.45) is 1.80. The molecule has 8 heteroatoms. The lowest BCUT2D eigenvalue weighted by Crippen LogP contribution is -2.42. The van der Waals surface area contributed by atoms with Gasteiger partial charge in [-0.05, 0) is 56.2 Å². The fourth-order valence-corrected chi connectivity index (χ4v) is 4.80. The number of benzene rings is 2. The summed E-state index contributed by atoms with van der Waals surface area (Å²) < 4.78 is 10.7. The molecule has 0 bridgehead atoms. The summed E-state index contributed by atoms with van der Waals surface area (Å²) in [6, 6.07) is 15.3. The molecule has 2 saturated heterocycles. The van der Waals surface area contributed by atoms with Crippen LogP contribution < -0.4 is 9.64 Å². The highest BCUT2D eigenvalue weighted by atomic mass is 16.5. The Kier molecular flexibility index (Phi) is 6.04. The summed E-state index contributed by atoms with van der Waals surface area (Å²) in [5.74, 6) is 1.84. The number of anilines is 1. The highest BCUT2D eigenvalue weighted by Crippen LogP contribution is 2.31. The van der Waals surface area contributed by atoms with Crippen LogP contribution in [-0.2, 0) is 9.59 Å². The third-order valence-corrected chi connectivity index (χ3v) is 6.74. The van der Waals surface area contributed by atoms with Crippen LogP contribution in [0.15, 0.2) is 53.1 Å². The van der Waals surface area contributed by atoms with E-state index in [1.807, 2.05) is 60.4 Å². The third kappa shape index (κ3) is 4.40. The number of amides is 2. The zero-order valence-corrected chi connectivity index (χ0v) is 19.4. The molecular weight excluding hydrogens is 432 g/mol. The number of piperidine rings is 1. The molecule has 0 radical (unpaired) electrons. The molecule has 34 heavy (non-hydrogen) atoms. The highest BCUT2D eigenvalue weighted by Gasteiger charge is 2.38. The molecule has 3 heterocycles. The molecule has 2 fully saturated rings. The van der Waals surface area contributed by atoms with E-state index in [1.54, 1.807) is 12.0 Å². The Morgan fingerprint density at radius 3 is 2.59 bits per heavy atom. The number of rotatable bonds is 5. The maximum Gasteiger partial charge on any atom is 0.257 e. The summed E-state index contributed by atoms with van der Waals surface area (Å²) in [5, 5.41) is 4.21. The van der Waals surface area contributed by atoms with Gasteiger partial charge in [0.15, 0.2) is 5.82 Å². The largest absolute Gasteiger partial charge is 0.497 e. The van der Waals surface area contributed by atoms with E-state index in [0.29, 0.717) is 31.3 Å². The smallest absolute Gasteiger partial charge is 0.257 e. The van der Waals surface area contributed by atoms with Gasteiger partial charge in [-0.3, -0.25) is 9.59 Å². The Balaban J connectivity index is 1.18. The van der Waals surface area contributed by atoms with Crippen LogP contribution in [0.4, 0.5) is 5.69 Å². The quantitative estimate of drug-likeness (QED) is 0.575. The molecule has 2 aromatic carbocycles. The van der Waals surface area contributed by atoms with Crippen LogP contribution in [0.2, 0.25) is 0 Å². The van der Waals surface area contributed by atoms with Crippen molar-refractivity contribution in [1.29, 1.82) is 0 Å². The van der Waals surface area contributed by atoms with Crippen LogP contribution in [0.3, 0.4) is 0 Å². The second-order valence-electron chi connectivity index (χ2n) is 9.03. The normalized spacial score (nSPS) is 19.0. The SMILES string of the molecule is COc1ccc(N2CC(C(=O)N3CCC(c4noc(-c5cccc(C)c5)n4)CC3)CC2=O)cc1. The van der Waals surface area contributed by atoms with E-state index >= 15 is 0 Å². The van der Waals surface area contributed by atoms with Crippen molar-refractivity contribution in [3.8, 4) is 17.2 Å². The van der Waals surface area contributed by atoms with Crippen LogP contribution >= 0.6 is 0 Å². The van der Waals surface area contributed by atoms with Gasteiger partial charge in [0.05, 0.1) is 13.0 Å². The van der Waals surface area contributed by atoms with Crippen molar-refractivity contribution >= 4 is 17.5 Å².